The molecule has 8 heteroatoms. The molecule has 5 nitrogen and oxygen atoms in total. The molecule has 1 unspecified atom stereocenters. The Morgan fingerprint density at radius 2 is 1.71 bits per heavy atom. The Balaban J connectivity index is 0.00000220. The first kappa shape index (κ1) is 18.4. The number of benzene rings is 1. The number of carbonyl (C=O) groups is 1. The molecule has 1 aliphatic heterocycles. The number of halogens is 2. The zero-order chi connectivity index (χ0) is 15.0. The van der Waals surface area contributed by atoms with Crippen molar-refractivity contribution in [3.05, 3.63) is 34.3 Å². The van der Waals surface area contributed by atoms with Gasteiger partial charge in [0.05, 0.1) is 11.5 Å². The minimum Gasteiger partial charge on any atom is -0.339 e. The molecule has 1 aromatic rings. The van der Waals surface area contributed by atoms with Crippen molar-refractivity contribution >= 4 is 44.1 Å². The molecule has 118 valence electrons. The maximum Gasteiger partial charge on any atom is 0.247 e. The fourth-order valence-electron chi connectivity index (χ4n) is 2.16. The topological polar surface area (TPSA) is 80.5 Å². The number of hydrogen-bond donors (Lipinski definition) is 1. The first-order valence-electron chi connectivity index (χ1n) is 6.27. The zero-order valence-electron chi connectivity index (χ0n) is 11.6. The molecule has 0 aliphatic carbocycles. The summed E-state index contributed by atoms with van der Waals surface area (Å²) >= 11 is 3.34. The van der Waals surface area contributed by atoms with E-state index in [1.54, 1.807) is 19.1 Å². The predicted molar refractivity (Wildman–Crippen MR) is 88.2 cm³/mol. The van der Waals surface area contributed by atoms with Crippen molar-refractivity contribution in [1.29, 1.82) is 0 Å². The molecule has 1 fully saturated rings. The highest BCUT2D eigenvalue weighted by Crippen LogP contribution is 2.23. The minimum absolute atomic E-state index is 0. The summed E-state index contributed by atoms with van der Waals surface area (Å²) in [6.07, 6.45) is 0. The van der Waals surface area contributed by atoms with Crippen molar-refractivity contribution < 1.29 is 13.2 Å². The summed E-state index contributed by atoms with van der Waals surface area (Å²) in [5.41, 5.74) is 5.73. The van der Waals surface area contributed by atoms with E-state index in [0.717, 1.165) is 4.47 Å². The van der Waals surface area contributed by atoms with Crippen LogP contribution in [0.3, 0.4) is 0 Å². The quantitative estimate of drug-likeness (QED) is 0.816. The molecule has 1 saturated heterocycles. The lowest BCUT2D eigenvalue weighted by Crippen LogP contribution is -2.54. The SMILES string of the molecule is CC(N)(C(=O)N1CCS(=O)(=O)CC1)c1ccc(Br)cc1.Cl. The maximum atomic E-state index is 12.5. The second kappa shape index (κ2) is 6.64. The van der Waals surface area contributed by atoms with E-state index in [9.17, 15) is 13.2 Å². The molecule has 2 N–H and O–H groups in total. The van der Waals surface area contributed by atoms with E-state index in [0.29, 0.717) is 5.56 Å². The Labute approximate surface area is 139 Å². The Bertz CT molecular complexity index is 603. The molecule has 0 bridgehead atoms. The Morgan fingerprint density at radius 3 is 2.19 bits per heavy atom. The minimum atomic E-state index is -3.01. The van der Waals surface area contributed by atoms with Gasteiger partial charge in [-0.1, -0.05) is 28.1 Å². The smallest absolute Gasteiger partial charge is 0.247 e. The fraction of sp³-hybridized carbons (Fsp3) is 0.462. The van der Waals surface area contributed by atoms with Crippen molar-refractivity contribution in [1.82, 2.24) is 4.90 Å². The number of carbonyl (C=O) groups excluding carboxylic acids is 1. The molecule has 1 aromatic carbocycles. The highest BCUT2D eigenvalue weighted by Gasteiger charge is 2.36. The largest absolute Gasteiger partial charge is 0.339 e. The monoisotopic (exact) mass is 396 g/mol. The number of nitrogens with zero attached hydrogens (tertiary/aromatic N) is 1. The third-order valence-corrected chi connectivity index (χ3v) is 5.66. The molecule has 2 rings (SSSR count). The first-order chi connectivity index (χ1) is 9.22. The number of amides is 1. The number of rotatable bonds is 2. The fourth-order valence-corrected chi connectivity index (χ4v) is 3.63. The maximum absolute atomic E-state index is 12.5. The van der Waals surface area contributed by atoms with Gasteiger partial charge in [0.2, 0.25) is 5.91 Å². The lowest BCUT2D eigenvalue weighted by molar-refractivity contribution is -0.136. The lowest BCUT2D eigenvalue weighted by Gasteiger charge is -2.34. The van der Waals surface area contributed by atoms with Crippen molar-refractivity contribution in [3.8, 4) is 0 Å². The number of sulfone groups is 1. The average Bonchev–Trinajstić information content (AvgIpc) is 2.38. The van der Waals surface area contributed by atoms with Crippen LogP contribution in [0, 0.1) is 0 Å². The Morgan fingerprint density at radius 1 is 1.24 bits per heavy atom. The summed E-state index contributed by atoms with van der Waals surface area (Å²) in [5.74, 6) is -0.223. The Kier molecular flexibility index (Phi) is 5.83. The van der Waals surface area contributed by atoms with Crippen LogP contribution in [-0.4, -0.2) is 43.8 Å². The van der Waals surface area contributed by atoms with E-state index in [4.69, 9.17) is 5.73 Å². The van der Waals surface area contributed by atoms with Crippen LogP contribution in [-0.2, 0) is 20.2 Å². The van der Waals surface area contributed by atoms with Gasteiger partial charge in [0.25, 0.3) is 0 Å². The van der Waals surface area contributed by atoms with E-state index < -0.39 is 15.4 Å². The second-order valence-electron chi connectivity index (χ2n) is 5.15. The summed E-state index contributed by atoms with van der Waals surface area (Å²) in [5, 5.41) is 0. The van der Waals surface area contributed by atoms with Gasteiger partial charge < -0.3 is 10.6 Å². The van der Waals surface area contributed by atoms with Gasteiger partial charge in [-0.3, -0.25) is 4.79 Å². The Hall–Kier alpha value is -0.630. The van der Waals surface area contributed by atoms with Crippen LogP contribution in [0.2, 0.25) is 0 Å². The highest BCUT2D eigenvalue weighted by atomic mass is 79.9. The van der Waals surface area contributed by atoms with Crippen molar-refractivity contribution in [3.63, 3.8) is 0 Å². The van der Waals surface area contributed by atoms with Crippen molar-refractivity contribution in [2.45, 2.75) is 12.5 Å². The van der Waals surface area contributed by atoms with Crippen LogP contribution in [0.5, 0.6) is 0 Å². The highest BCUT2D eigenvalue weighted by molar-refractivity contribution is 9.10. The molecule has 21 heavy (non-hydrogen) atoms. The standard InChI is InChI=1S/C13H17BrN2O3S.ClH/c1-13(15,10-2-4-11(14)5-3-10)12(17)16-6-8-20(18,19)9-7-16;/h2-5H,6-9,15H2,1H3;1H. The molecular weight excluding hydrogens is 380 g/mol. The average molecular weight is 398 g/mol. The van der Waals surface area contributed by atoms with Gasteiger partial charge in [-0.15, -0.1) is 12.4 Å². The van der Waals surface area contributed by atoms with E-state index >= 15 is 0 Å². The summed E-state index contributed by atoms with van der Waals surface area (Å²) < 4.78 is 23.7. The van der Waals surface area contributed by atoms with Gasteiger partial charge in [0.15, 0.2) is 9.84 Å². The zero-order valence-corrected chi connectivity index (χ0v) is 14.8. The summed E-state index contributed by atoms with van der Waals surface area (Å²) in [6.45, 7) is 2.08. The third kappa shape index (κ3) is 4.18. The van der Waals surface area contributed by atoms with Gasteiger partial charge in [-0.2, -0.15) is 0 Å². The van der Waals surface area contributed by atoms with Gasteiger partial charge in [0.1, 0.15) is 5.54 Å². The normalized spacial score (nSPS) is 20.2. The van der Waals surface area contributed by atoms with E-state index in [1.807, 2.05) is 12.1 Å². The number of nitrogens with two attached hydrogens (primary N) is 1. The third-order valence-electron chi connectivity index (χ3n) is 3.52. The van der Waals surface area contributed by atoms with Gasteiger partial charge >= 0.3 is 0 Å². The second-order valence-corrected chi connectivity index (χ2v) is 8.37. The van der Waals surface area contributed by atoms with E-state index in [2.05, 4.69) is 15.9 Å². The summed E-state index contributed by atoms with van der Waals surface area (Å²) in [7, 11) is -3.01. The molecule has 1 heterocycles. The van der Waals surface area contributed by atoms with Crippen LogP contribution in [0.1, 0.15) is 12.5 Å². The lowest BCUT2D eigenvalue weighted by atomic mass is 9.91. The molecule has 1 amide bonds. The molecular formula is C13H18BrClN2O3S. The van der Waals surface area contributed by atoms with Gasteiger partial charge in [-0.25, -0.2) is 8.42 Å². The summed E-state index contributed by atoms with van der Waals surface area (Å²) in [4.78, 5) is 14.0. The first-order valence-corrected chi connectivity index (χ1v) is 8.88. The number of hydrogen-bond acceptors (Lipinski definition) is 4. The van der Waals surface area contributed by atoms with Crippen LogP contribution in [0.4, 0.5) is 0 Å². The van der Waals surface area contributed by atoms with Gasteiger partial charge in [0, 0.05) is 17.6 Å². The van der Waals surface area contributed by atoms with Gasteiger partial charge in [-0.05, 0) is 24.6 Å². The van der Waals surface area contributed by atoms with E-state index in [1.165, 1.54) is 4.90 Å². The molecule has 0 spiro atoms. The molecule has 0 aromatic heterocycles. The van der Waals surface area contributed by atoms with Crippen LogP contribution in [0.15, 0.2) is 28.7 Å². The van der Waals surface area contributed by atoms with E-state index in [-0.39, 0.29) is 42.9 Å². The van der Waals surface area contributed by atoms with Crippen LogP contribution >= 0.6 is 28.3 Å². The molecule has 1 atom stereocenters. The molecule has 0 saturated carbocycles. The van der Waals surface area contributed by atoms with Crippen LogP contribution < -0.4 is 5.73 Å². The molecule has 0 radical (unpaired) electrons. The molecule has 1 aliphatic rings. The van der Waals surface area contributed by atoms with Crippen LogP contribution in [0.25, 0.3) is 0 Å². The van der Waals surface area contributed by atoms with Crippen molar-refractivity contribution in [2.24, 2.45) is 5.73 Å². The predicted octanol–water partition coefficient (Wildman–Crippen LogP) is 1.30. The summed E-state index contributed by atoms with van der Waals surface area (Å²) in [6, 6.07) is 7.24. The van der Waals surface area contributed by atoms with Crippen molar-refractivity contribution in [2.75, 3.05) is 24.6 Å².